The summed E-state index contributed by atoms with van der Waals surface area (Å²) in [6.45, 7) is 0.755. The van der Waals surface area contributed by atoms with E-state index in [1.165, 1.54) is 31.7 Å². The van der Waals surface area contributed by atoms with E-state index < -0.39 is 6.43 Å². The Kier molecular flexibility index (Phi) is 5.58. The van der Waals surface area contributed by atoms with Crippen molar-refractivity contribution < 1.29 is 8.78 Å². The molecule has 2 atom stereocenters. The molecule has 2 nitrogen and oxygen atoms in total. The molecule has 118 valence electrons. The van der Waals surface area contributed by atoms with Crippen molar-refractivity contribution in [1.82, 2.24) is 10.2 Å². The first-order valence-corrected chi connectivity index (χ1v) is 7.45. The molecule has 2 fully saturated rings. The van der Waals surface area contributed by atoms with Crippen LogP contribution >= 0.6 is 12.4 Å². The summed E-state index contributed by atoms with van der Waals surface area (Å²) in [5.41, 5.74) is 1.11. The molecule has 2 aliphatic heterocycles. The van der Waals surface area contributed by atoms with Crippen LogP contribution in [-0.2, 0) is 6.54 Å². The second-order valence-corrected chi connectivity index (χ2v) is 6.22. The molecule has 2 bridgehead atoms. The maximum atomic E-state index is 12.7. The maximum Gasteiger partial charge on any atom is 0.263 e. The molecule has 0 amide bonds. The lowest BCUT2D eigenvalue weighted by Gasteiger charge is -2.35. The topological polar surface area (TPSA) is 15.3 Å². The van der Waals surface area contributed by atoms with E-state index in [9.17, 15) is 8.78 Å². The average molecular weight is 317 g/mol. The van der Waals surface area contributed by atoms with Crippen molar-refractivity contribution in [3.05, 3.63) is 35.4 Å². The monoisotopic (exact) mass is 316 g/mol. The van der Waals surface area contributed by atoms with Crippen LogP contribution in [0.1, 0.15) is 43.2 Å². The van der Waals surface area contributed by atoms with Gasteiger partial charge in [-0.25, -0.2) is 8.78 Å². The van der Waals surface area contributed by atoms with Gasteiger partial charge in [-0.3, -0.25) is 4.90 Å². The van der Waals surface area contributed by atoms with E-state index in [0.29, 0.717) is 18.1 Å². The minimum absolute atomic E-state index is 0. The second-order valence-electron chi connectivity index (χ2n) is 6.22. The highest BCUT2D eigenvalue weighted by molar-refractivity contribution is 5.85. The van der Waals surface area contributed by atoms with Crippen LogP contribution < -0.4 is 5.32 Å². The van der Waals surface area contributed by atoms with Crippen molar-refractivity contribution in [1.29, 1.82) is 0 Å². The lowest BCUT2D eigenvalue weighted by atomic mass is 9.98. The molecule has 2 heterocycles. The Bertz CT molecular complexity index is 457. The highest BCUT2D eigenvalue weighted by Gasteiger charge is 2.34. The third kappa shape index (κ3) is 3.93. The van der Waals surface area contributed by atoms with Crippen molar-refractivity contribution in [2.75, 3.05) is 7.05 Å². The van der Waals surface area contributed by atoms with Crippen molar-refractivity contribution >= 4 is 12.4 Å². The van der Waals surface area contributed by atoms with Gasteiger partial charge in [0.25, 0.3) is 6.43 Å². The molecule has 3 rings (SSSR count). The van der Waals surface area contributed by atoms with E-state index in [1.807, 2.05) is 6.07 Å². The molecule has 0 saturated carbocycles. The smallest absolute Gasteiger partial charge is 0.263 e. The molecule has 21 heavy (non-hydrogen) atoms. The van der Waals surface area contributed by atoms with Crippen LogP contribution in [0.25, 0.3) is 0 Å². The molecule has 2 unspecified atom stereocenters. The van der Waals surface area contributed by atoms with Crippen molar-refractivity contribution in [2.24, 2.45) is 0 Å². The average Bonchev–Trinajstić information content (AvgIpc) is 2.77. The SMILES string of the molecule is CN(Cc1cccc(C(F)F)c1)C1CC2CCC(C1)N2.Cl. The first-order valence-electron chi connectivity index (χ1n) is 7.45. The Balaban J connectivity index is 0.00000161. The van der Waals surface area contributed by atoms with Crippen LogP contribution in [0.4, 0.5) is 8.78 Å². The normalized spacial score (nSPS) is 28.0. The van der Waals surface area contributed by atoms with Crippen molar-refractivity contribution in [2.45, 2.75) is 56.8 Å². The molecule has 2 saturated heterocycles. The predicted octanol–water partition coefficient (Wildman–Crippen LogP) is 3.76. The van der Waals surface area contributed by atoms with E-state index in [2.05, 4.69) is 17.3 Å². The van der Waals surface area contributed by atoms with Gasteiger partial charge in [0, 0.05) is 30.2 Å². The van der Waals surface area contributed by atoms with Crippen LogP contribution in [0.5, 0.6) is 0 Å². The van der Waals surface area contributed by atoms with E-state index in [1.54, 1.807) is 12.1 Å². The summed E-state index contributed by atoms with van der Waals surface area (Å²) < 4.78 is 25.5. The van der Waals surface area contributed by atoms with Gasteiger partial charge in [-0.2, -0.15) is 0 Å². The molecule has 1 aromatic carbocycles. The van der Waals surface area contributed by atoms with Crippen molar-refractivity contribution in [3.8, 4) is 0 Å². The summed E-state index contributed by atoms with van der Waals surface area (Å²) >= 11 is 0. The fourth-order valence-corrected chi connectivity index (χ4v) is 3.63. The van der Waals surface area contributed by atoms with Gasteiger partial charge in [0.15, 0.2) is 0 Å². The van der Waals surface area contributed by atoms with Crippen LogP contribution in [0.15, 0.2) is 24.3 Å². The number of benzene rings is 1. The van der Waals surface area contributed by atoms with Gasteiger partial charge in [0.1, 0.15) is 0 Å². The molecule has 0 radical (unpaired) electrons. The minimum atomic E-state index is -2.38. The Morgan fingerprint density at radius 2 is 1.90 bits per heavy atom. The summed E-state index contributed by atoms with van der Waals surface area (Å²) in [4.78, 5) is 2.33. The highest BCUT2D eigenvalue weighted by atomic mass is 35.5. The van der Waals surface area contributed by atoms with Crippen molar-refractivity contribution in [3.63, 3.8) is 0 Å². The summed E-state index contributed by atoms with van der Waals surface area (Å²) in [6.07, 6.45) is 2.56. The lowest BCUT2D eigenvalue weighted by Crippen LogP contribution is -2.46. The minimum Gasteiger partial charge on any atom is -0.311 e. The number of nitrogens with one attached hydrogen (secondary N) is 1. The zero-order valence-corrected chi connectivity index (χ0v) is 13.1. The molecule has 0 aliphatic carbocycles. The van der Waals surface area contributed by atoms with E-state index in [4.69, 9.17) is 0 Å². The number of halogens is 3. The number of hydrogen-bond donors (Lipinski definition) is 1. The Morgan fingerprint density at radius 1 is 1.24 bits per heavy atom. The third-order valence-electron chi connectivity index (χ3n) is 4.71. The standard InChI is InChI=1S/C16H22F2N2.ClH/c1-20(15-8-13-5-6-14(9-15)19-13)10-11-3-2-4-12(7-11)16(17)18;/h2-4,7,13-16,19H,5-6,8-10H2,1H3;1H. The molecule has 1 N–H and O–H groups in total. The van der Waals surface area contributed by atoms with Gasteiger partial charge < -0.3 is 5.32 Å². The first-order chi connectivity index (χ1) is 9.61. The third-order valence-corrected chi connectivity index (χ3v) is 4.71. The quantitative estimate of drug-likeness (QED) is 0.910. The van der Waals surface area contributed by atoms with Gasteiger partial charge in [-0.15, -0.1) is 12.4 Å². The summed E-state index contributed by atoms with van der Waals surface area (Å²) in [5, 5.41) is 3.64. The van der Waals surface area contributed by atoms with E-state index >= 15 is 0 Å². The van der Waals surface area contributed by atoms with Gasteiger partial charge in [0.2, 0.25) is 0 Å². The second kappa shape index (κ2) is 7.03. The van der Waals surface area contributed by atoms with Gasteiger partial charge in [-0.1, -0.05) is 18.2 Å². The predicted molar refractivity (Wildman–Crippen MR) is 83.1 cm³/mol. The van der Waals surface area contributed by atoms with Gasteiger partial charge in [0.05, 0.1) is 0 Å². The Hall–Kier alpha value is -0.710. The van der Waals surface area contributed by atoms with Gasteiger partial charge in [-0.05, 0) is 44.4 Å². The molecular formula is C16H23ClF2N2. The number of rotatable bonds is 4. The first kappa shape index (κ1) is 16.7. The Morgan fingerprint density at radius 3 is 2.52 bits per heavy atom. The van der Waals surface area contributed by atoms with E-state index in [-0.39, 0.29) is 18.0 Å². The van der Waals surface area contributed by atoms with E-state index in [0.717, 1.165) is 12.1 Å². The maximum absolute atomic E-state index is 12.7. The van der Waals surface area contributed by atoms with Crippen LogP contribution in [0.2, 0.25) is 0 Å². The molecule has 2 aliphatic rings. The summed E-state index contributed by atoms with van der Waals surface area (Å²) in [5.74, 6) is 0. The molecule has 0 spiro atoms. The zero-order valence-electron chi connectivity index (χ0n) is 12.3. The zero-order chi connectivity index (χ0) is 14.1. The Labute approximate surface area is 131 Å². The number of nitrogens with zero attached hydrogens (tertiary/aromatic N) is 1. The highest BCUT2D eigenvalue weighted by Crippen LogP contribution is 2.30. The molecule has 0 aromatic heterocycles. The molecule has 5 heteroatoms. The molecular weight excluding hydrogens is 294 g/mol. The number of piperidine rings is 1. The molecule has 1 aromatic rings. The number of hydrogen-bond acceptors (Lipinski definition) is 2. The number of fused-ring (bicyclic) bond motifs is 2. The van der Waals surface area contributed by atoms with Crippen LogP contribution in [0, 0.1) is 0 Å². The summed E-state index contributed by atoms with van der Waals surface area (Å²) in [6, 6.07) is 8.70. The fraction of sp³-hybridized carbons (Fsp3) is 0.625. The lowest BCUT2D eigenvalue weighted by molar-refractivity contribution is 0.150. The van der Waals surface area contributed by atoms with Crippen LogP contribution in [0.3, 0.4) is 0 Å². The van der Waals surface area contributed by atoms with Crippen LogP contribution in [-0.4, -0.2) is 30.1 Å². The largest absolute Gasteiger partial charge is 0.311 e. The van der Waals surface area contributed by atoms with Gasteiger partial charge >= 0.3 is 0 Å². The number of alkyl halides is 2. The fourth-order valence-electron chi connectivity index (χ4n) is 3.63. The summed E-state index contributed by atoms with van der Waals surface area (Å²) in [7, 11) is 2.12.